The zero-order chi connectivity index (χ0) is 68.9. The van der Waals surface area contributed by atoms with Crippen molar-refractivity contribution < 1.29 is 0 Å². The predicted molar refractivity (Wildman–Crippen MR) is 443 cm³/mol. The van der Waals surface area contributed by atoms with E-state index in [0.717, 1.165) is 39.8 Å². The van der Waals surface area contributed by atoms with Crippen LogP contribution in [0.15, 0.2) is 413 Å². The summed E-state index contributed by atoms with van der Waals surface area (Å²) in [5.41, 5.74) is 23.5. The summed E-state index contributed by atoms with van der Waals surface area (Å²) in [4.78, 5) is 4.78. The van der Waals surface area contributed by atoms with Crippen LogP contribution in [0.4, 0.5) is 34.1 Å². The molecule has 18 aromatic carbocycles. The SMILES string of the molecule is c1ccc(-c2ccc(N(c3ccc4ccc5c(c4c3)c3ccccc3n5-c3ccc4ccccc4c3)c3ccccc3-c3ccccc3)cc2)cc1.c1ccc(-c2ccccc2-n2c3ccccc3c3c4cc(N(c5ccccc5)c5ccc(-c6cccc7ccccc67)cc5)ccc4ccc32)cc1. The maximum absolute atomic E-state index is 2.44. The number of hydrogen-bond donors (Lipinski definition) is 0. The molecule has 2 heterocycles. The molecule has 0 aliphatic carbocycles. The number of rotatable bonds is 12. The first kappa shape index (κ1) is 61.3. The minimum absolute atomic E-state index is 1.10. The Bertz CT molecular complexity index is 6570. The second kappa shape index (κ2) is 26.4. The lowest BCUT2D eigenvalue weighted by Crippen LogP contribution is -2.11. The summed E-state index contributed by atoms with van der Waals surface area (Å²) >= 11 is 0. The van der Waals surface area contributed by atoms with Gasteiger partial charge in [0.15, 0.2) is 0 Å². The third-order valence-electron chi connectivity index (χ3n) is 20.7. The van der Waals surface area contributed by atoms with Gasteiger partial charge in [0.1, 0.15) is 0 Å². The highest BCUT2D eigenvalue weighted by atomic mass is 15.1. The molecule has 20 rings (SSSR count). The normalized spacial score (nSPS) is 11.5. The van der Waals surface area contributed by atoms with E-state index in [1.807, 2.05) is 0 Å². The maximum atomic E-state index is 2.44. The Morgan fingerprint density at radius 1 is 0.183 bits per heavy atom. The molecule has 0 radical (unpaired) electrons. The van der Waals surface area contributed by atoms with Gasteiger partial charge in [-0.1, -0.05) is 303 Å². The maximum Gasteiger partial charge on any atom is 0.0547 e. The molecule has 4 nitrogen and oxygen atoms in total. The van der Waals surface area contributed by atoms with E-state index in [2.05, 4.69) is 431 Å². The Kier molecular flexibility index (Phi) is 15.5. The molecule has 0 unspecified atom stereocenters. The van der Waals surface area contributed by atoms with Crippen molar-refractivity contribution in [3.05, 3.63) is 413 Å². The minimum atomic E-state index is 1.10. The van der Waals surface area contributed by atoms with Crippen LogP contribution in [-0.4, -0.2) is 9.13 Å². The fourth-order valence-corrected chi connectivity index (χ4v) is 15.9. The summed E-state index contributed by atoms with van der Waals surface area (Å²) in [6.07, 6.45) is 0. The molecule has 0 aliphatic rings. The third-order valence-corrected chi connectivity index (χ3v) is 20.7. The molecule has 0 bridgehead atoms. The van der Waals surface area contributed by atoms with Gasteiger partial charge in [-0.25, -0.2) is 0 Å². The van der Waals surface area contributed by atoms with Crippen molar-refractivity contribution in [2.75, 3.05) is 9.80 Å². The average Bonchev–Trinajstić information content (AvgIpc) is 1.33. The van der Waals surface area contributed by atoms with Gasteiger partial charge >= 0.3 is 0 Å². The van der Waals surface area contributed by atoms with Crippen LogP contribution < -0.4 is 9.80 Å². The lowest BCUT2D eigenvalue weighted by Gasteiger charge is -2.28. The molecule has 0 saturated heterocycles. The van der Waals surface area contributed by atoms with Crippen LogP contribution in [0, 0.1) is 0 Å². The number of fused-ring (bicyclic) bond motifs is 12. The Balaban J connectivity index is 0.000000143. The van der Waals surface area contributed by atoms with E-state index in [0.29, 0.717) is 0 Å². The molecular formula is C100H68N4. The van der Waals surface area contributed by atoms with Crippen molar-refractivity contribution >= 4 is 121 Å². The molecule has 0 atom stereocenters. The molecule has 20 aromatic rings. The van der Waals surface area contributed by atoms with Crippen LogP contribution >= 0.6 is 0 Å². The average molecular weight is 1330 g/mol. The van der Waals surface area contributed by atoms with E-state index < -0.39 is 0 Å². The van der Waals surface area contributed by atoms with Gasteiger partial charge in [0, 0.05) is 66.8 Å². The Hall–Kier alpha value is -13.8. The van der Waals surface area contributed by atoms with Gasteiger partial charge in [0.2, 0.25) is 0 Å². The number of para-hydroxylation sites is 5. The number of nitrogens with zero attached hydrogens (tertiary/aromatic N) is 4. The molecule has 104 heavy (non-hydrogen) atoms. The van der Waals surface area contributed by atoms with Crippen LogP contribution in [0.2, 0.25) is 0 Å². The van der Waals surface area contributed by atoms with E-state index in [1.165, 1.54) is 137 Å². The predicted octanol–water partition coefficient (Wildman–Crippen LogP) is 27.8. The lowest BCUT2D eigenvalue weighted by atomic mass is 9.98. The first-order chi connectivity index (χ1) is 51.6. The fourth-order valence-electron chi connectivity index (χ4n) is 15.9. The van der Waals surface area contributed by atoms with Gasteiger partial charge in [-0.2, -0.15) is 0 Å². The molecule has 0 spiro atoms. The van der Waals surface area contributed by atoms with Gasteiger partial charge in [0.25, 0.3) is 0 Å². The van der Waals surface area contributed by atoms with Crippen molar-refractivity contribution in [1.82, 2.24) is 9.13 Å². The van der Waals surface area contributed by atoms with Gasteiger partial charge < -0.3 is 18.9 Å². The van der Waals surface area contributed by atoms with Gasteiger partial charge in [-0.15, -0.1) is 0 Å². The second-order valence-electron chi connectivity index (χ2n) is 26.7. The minimum Gasteiger partial charge on any atom is -0.310 e. The van der Waals surface area contributed by atoms with Crippen LogP contribution in [0.1, 0.15) is 0 Å². The molecule has 2 aromatic heterocycles. The zero-order valence-corrected chi connectivity index (χ0v) is 57.0. The van der Waals surface area contributed by atoms with E-state index in [1.54, 1.807) is 0 Å². The molecule has 0 aliphatic heterocycles. The molecule has 488 valence electrons. The summed E-state index contributed by atoms with van der Waals surface area (Å²) in [5, 5.41) is 14.9. The van der Waals surface area contributed by atoms with Crippen molar-refractivity contribution in [2.24, 2.45) is 0 Å². The van der Waals surface area contributed by atoms with E-state index in [9.17, 15) is 0 Å². The summed E-state index contributed by atoms with van der Waals surface area (Å²) in [6, 6.07) is 149. The first-order valence-electron chi connectivity index (χ1n) is 35.7. The van der Waals surface area contributed by atoms with Crippen molar-refractivity contribution in [3.8, 4) is 55.9 Å². The van der Waals surface area contributed by atoms with Crippen LogP contribution in [0.5, 0.6) is 0 Å². The molecule has 0 saturated carbocycles. The largest absolute Gasteiger partial charge is 0.310 e. The summed E-state index contributed by atoms with van der Waals surface area (Å²) in [5.74, 6) is 0. The summed E-state index contributed by atoms with van der Waals surface area (Å²) in [6.45, 7) is 0. The van der Waals surface area contributed by atoms with E-state index in [-0.39, 0.29) is 0 Å². The van der Waals surface area contributed by atoms with E-state index in [4.69, 9.17) is 0 Å². The number of benzene rings is 18. The third kappa shape index (κ3) is 11.0. The van der Waals surface area contributed by atoms with Crippen molar-refractivity contribution in [3.63, 3.8) is 0 Å². The summed E-state index contributed by atoms with van der Waals surface area (Å²) in [7, 11) is 0. The fraction of sp³-hybridized carbons (Fsp3) is 0. The van der Waals surface area contributed by atoms with Gasteiger partial charge in [0.05, 0.1) is 33.4 Å². The first-order valence-corrected chi connectivity index (χ1v) is 35.7. The number of aromatic nitrogens is 2. The monoisotopic (exact) mass is 1320 g/mol. The molecule has 4 heteroatoms. The van der Waals surface area contributed by atoms with Crippen LogP contribution in [0.25, 0.3) is 143 Å². The highest BCUT2D eigenvalue weighted by Gasteiger charge is 2.23. The van der Waals surface area contributed by atoms with E-state index >= 15 is 0 Å². The van der Waals surface area contributed by atoms with Crippen LogP contribution in [-0.2, 0) is 0 Å². The lowest BCUT2D eigenvalue weighted by molar-refractivity contribution is 1.18. The van der Waals surface area contributed by atoms with Crippen molar-refractivity contribution in [1.29, 1.82) is 0 Å². The number of hydrogen-bond acceptors (Lipinski definition) is 2. The highest BCUT2D eigenvalue weighted by molar-refractivity contribution is 6.23. The second-order valence-corrected chi connectivity index (χ2v) is 26.7. The quantitative estimate of drug-likeness (QED) is 0.121. The molecular weight excluding hydrogens is 1260 g/mol. The van der Waals surface area contributed by atoms with Crippen molar-refractivity contribution in [2.45, 2.75) is 0 Å². The smallest absolute Gasteiger partial charge is 0.0547 e. The summed E-state index contributed by atoms with van der Waals surface area (Å²) < 4.78 is 4.87. The Labute approximate surface area is 604 Å². The Morgan fingerprint density at radius 3 is 1.23 bits per heavy atom. The topological polar surface area (TPSA) is 16.3 Å². The highest BCUT2D eigenvalue weighted by Crippen LogP contribution is 2.47. The number of anilines is 6. The Morgan fingerprint density at radius 2 is 0.577 bits per heavy atom. The molecule has 0 amide bonds. The van der Waals surface area contributed by atoms with Gasteiger partial charge in [-0.05, 0) is 186 Å². The standard InChI is InChI=1S/2C50H34N2/c1-3-14-36(15-4-1)44-21-9-11-24-47(44)52-48-25-12-10-22-45(48)50-46-34-41(32-28-38(46)29-33-49(50)52)51(39-18-5-2-6-19-39)40-30-26-37(27-31-40)43-23-13-17-35-16-7-8-20-42(35)43;1-3-13-35(14-4-1)37-23-28-41(29-24-37)51(47-21-11-9-19-44(47)38-16-5-2-6-17-38)43-31-26-39-27-32-49-50(46(39)34-43)45-20-10-12-22-48(45)52(49)42-30-25-36-15-7-8-18-40(36)33-42/h2*1-34H. The van der Waals surface area contributed by atoms with Gasteiger partial charge in [-0.3, -0.25) is 0 Å². The zero-order valence-electron chi connectivity index (χ0n) is 57.0. The van der Waals surface area contributed by atoms with Crippen LogP contribution in [0.3, 0.4) is 0 Å². The molecule has 0 fully saturated rings. The molecule has 0 N–H and O–H groups in total.